The topological polar surface area (TPSA) is 76.9 Å². The molecule has 1 fully saturated rings. The van der Waals surface area contributed by atoms with Crippen molar-refractivity contribution in [3.63, 3.8) is 0 Å². The van der Waals surface area contributed by atoms with Gasteiger partial charge in [0, 0.05) is 44.0 Å². The predicted octanol–water partition coefficient (Wildman–Crippen LogP) is 1.96. The summed E-state index contributed by atoms with van der Waals surface area (Å²) in [6, 6.07) is 8.25. The third-order valence-electron chi connectivity index (χ3n) is 4.74. The Hall–Kier alpha value is -2.34. The number of piperidine rings is 1. The number of aromatic nitrogens is 1. The highest BCUT2D eigenvalue weighted by molar-refractivity contribution is 5.94. The van der Waals surface area contributed by atoms with E-state index in [1.54, 1.807) is 6.20 Å². The van der Waals surface area contributed by atoms with Crippen LogP contribution >= 0.6 is 0 Å². The summed E-state index contributed by atoms with van der Waals surface area (Å²) in [5.74, 6) is -0.0660. The van der Waals surface area contributed by atoms with E-state index >= 15 is 0 Å². The predicted molar refractivity (Wildman–Crippen MR) is 94.7 cm³/mol. The van der Waals surface area contributed by atoms with Crippen molar-refractivity contribution in [2.75, 3.05) is 43.1 Å². The van der Waals surface area contributed by atoms with Gasteiger partial charge in [-0.3, -0.25) is 4.79 Å². The molecule has 2 heterocycles. The van der Waals surface area contributed by atoms with Gasteiger partial charge in [-0.2, -0.15) is 0 Å². The lowest BCUT2D eigenvalue weighted by molar-refractivity contribution is -0.142. The molecule has 0 unspecified atom stereocenters. The molecule has 0 radical (unpaired) electrons. The van der Waals surface area contributed by atoms with E-state index in [-0.39, 0.29) is 12.5 Å². The van der Waals surface area contributed by atoms with Crippen molar-refractivity contribution in [2.24, 2.45) is 5.92 Å². The number of aliphatic carboxylic acids is 1. The summed E-state index contributed by atoms with van der Waals surface area (Å²) in [6.07, 6.45) is 3.14. The van der Waals surface area contributed by atoms with Crippen LogP contribution in [-0.2, 0) is 4.79 Å². The standard InChI is InChI=1S/C18H23N3O3/c1-20(10-11-22)17-16-12-15(3-2-13(16)4-7-19-17)21-8-5-14(6-9-21)18(23)24/h2-4,7,12,14,22H,5-6,8-11H2,1H3,(H,23,24). The first kappa shape index (κ1) is 16.5. The number of aliphatic hydroxyl groups excluding tert-OH is 1. The van der Waals surface area contributed by atoms with Gasteiger partial charge in [0.05, 0.1) is 12.5 Å². The summed E-state index contributed by atoms with van der Waals surface area (Å²) in [7, 11) is 1.92. The molecule has 24 heavy (non-hydrogen) atoms. The van der Waals surface area contributed by atoms with Gasteiger partial charge in [-0.15, -0.1) is 0 Å². The molecule has 6 nitrogen and oxygen atoms in total. The summed E-state index contributed by atoms with van der Waals surface area (Å²) in [5.41, 5.74) is 1.10. The molecule has 0 bridgehead atoms. The number of carboxylic acids is 1. The Morgan fingerprint density at radius 1 is 1.33 bits per heavy atom. The van der Waals surface area contributed by atoms with Crippen LogP contribution in [0.25, 0.3) is 10.8 Å². The number of rotatable bonds is 5. The normalized spacial score (nSPS) is 15.7. The molecule has 0 atom stereocenters. The summed E-state index contributed by atoms with van der Waals surface area (Å²) in [6.45, 7) is 2.12. The Morgan fingerprint density at radius 2 is 2.08 bits per heavy atom. The van der Waals surface area contributed by atoms with Gasteiger partial charge in [0.25, 0.3) is 0 Å². The van der Waals surface area contributed by atoms with Crippen LogP contribution in [0.1, 0.15) is 12.8 Å². The minimum Gasteiger partial charge on any atom is -0.481 e. The number of carboxylic acid groups (broad SMARTS) is 1. The minimum absolute atomic E-state index is 0.0803. The maximum atomic E-state index is 11.1. The molecule has 1 saturated heterocycles. The van der Waals surface area contributed by atoms with Gasteiger partial charge in [-0.1, -0.05) is 6.07 Å². The molecular weight excluding hydrogens is 306 g/mol. The van der Waals surface area contributed by atoms with Crippen LogP contribution in [0, 0.1) is 5.92 Å². The van der Waals surface area contributed by atoms with Gasteiger partial charge in [0.1, 0.15) is 5.82 Å². The third kappa shape index (κ3) is 3.28. The number of benzene rings is 1. The average molecular weight is 329 g/mol. The number of anilines is 2. The summed E-state index contributed by atoms with van der Waals surface area (Å²) in [4.78, 5) is 19.8. The van der Waals surface area contributed by atoms with Crippen molar-refractivity contribution >= 4 is 28.2 Å². The Bertz CT molecular complexity index is 727. The maximum Gasteiger partial charge on any atom is 0.306 e. The fourth-order valence-electron chi connectivity index (χ4n) is 3.28. The lowest BCUT2D eigenvalue weighted by Crippen LogP contribution is -2.36. The molecule has 1 aliphatic heterocycles. The lowest BCUT2D eigenvalue weighted by Gasteiger charge is -2.32. The fourth-order valence-corrected chi connectivity index (χ4v) is 3.28. The third-order valence-corrected chi connectivity index (χ3v) is 4.74. The maximum absolute atomic E-state index is 11.1. The lowest BCUT2D eigenvalue weighted by atomic mass is 9.96. The molecule has 2 aromatic rings. The van der Waals surface area contributed by atoms with E-state index in [4.69, 9.17) is 5.11 Å². The second kappa shape index (κ2) is 7.05. The molecule has 1 aliphatic rings. The zero-order valence-electron chi connectivity index (χ0n) is 13.9. The van der Waals surface area contributed by atoms with E-state index in [0.717, 1.165) is 35.4 Å². The van der Waals surface area contributed by atoms with E-state index in [1.165, 1.54) is 0 Å². The fraction of sp³-hybridized carbons (Fsp3) is 0.444. The largest absolute Gasteiger partial charge is 0.481 e. The van der Waals surface area contributed by atoms with Gasteiger partial charge >= 0.3 is 5.97 Å². The second-order valence-corrected chi connectivity index (χ2v) is 6.28. The Morgan fingerprint density at radius 3 is 2.75 bits per heavy atom. The van der Waals surface area contributed by atoms with Crippen LogP contribution in [0.5, 0.6) is 0 Å². The van der Waals surface area contributed by atoms with E-state index in [2.05, 4.69) is 28.1 Å². The van der Waals surface area contributed by atoms with Crippen molar-refractivity contribution in [1.29, 1.82) is 0 Å². The molecule has 3 rings (SSSR count). The zero-order valence-corrected chi connectivity index (χ0v) is 13.9. The van der Waals surface area contributed by atoms with Crippen LogP contribution in [0.2, 0.25) is 0 Å². The number of carbonyl (C=O) groups is 1. The summed E-state index contributed by atoms with van der Waals surface area (Å²) < 4.78 is 0. The zero-order chi connectivity index (χ0) is 17.1. The van der Waals surface area contributed by atoms with Crippen molar-refractivity contribution in [3.05, 3.63) is 30.5 Å². The van der Waals surface area contributed by atoms with E-state index in [9.17, 15) is 9.90 Å². The monoisotopic (exact) mass is 329 g/mol. The van der Waals surface area contributed by atoms with Crippen LogP contribution in [0.3, 0.4) is 0 Å². The first-order valence-electron chi connectivity index (χ1n) is 8.28. The van der Waals surface area contributed by atoms with Gasteiger partial charge in [0.2, 0.25) is 0 Å². The van der Waals surface area contributed by atoms with Crippen LogP contribution < -0.4 is 9.80 Å². The molecule has 0 spiro atoms. The number of hydrogen-bond donors (Lipinski definition) is 2. The van der Waals surface area contributed by atoms with Crippen molar-refractivity contribution in [1.82, 2.24) is 4.98 Å². The molecule has 2 N–H and O–H groups in total. The van der Waals surface area contributed by atoms with Gasteiger partial charge < -0.3 is 20.0 Å². The molecule has 1 aromatic carbocycles. The quantitative estimate of drug-likeness (QED) is 0.873. The number of aliphatic hydroxyl groups is 1. The second-order valence-electron chi connectivity index (χ2n) is 6.28. The van der Waals surface area contributed by atoms with Crippen LogP contribution in [0.4, 0.5) is 11.5 Å². The Balaban J connectivity index is 1.88. The van der Waals surface area contributed by atoms with Crippen molar-refractivity contribution < 1.29 is 15.0 Å². The van der Waals surface area contributed by atoms with Crippen molar-refractivity contribution in [3.8, 4) is 0 Å². The molecule has 128 valence electrons. The van der Waals surface area contributed by atoms with Gasteiger partial charge in [0.15, 0.2) is 0 Å². The molecule has 0 saturated carbocycles. The number of hydrogen-bond acceptors (Lipinski definition) is 5. The highest BCUT2D eigenvalue weighted by Crippen LogP contribution is 2.30. The smallest absolute Gasteiger partial charge is 0.306 e. The van der Waals surface area contributed by atoms with Crippen LogP contribution in [0.15, 0.2) is 30.5 Å². The Kier molecular flexibility index (Phi) is 4.85. The average Bonchev–Trinajstić information content (AvgIpc) is 2.61. The van der Waals surface area contributed by atoms with E-state index in [0.29, 0.717) is 19.4 Å². The van der Waals surface area contributed by atoms with E-state index in [1.807, 2.05) is 18.0 Å². The molecule has 1 aromatic heterocycles. The summed E-state index contributed by atoms with van der Waals surface area (Å²) in [5, 5.41) is 20.5. The van der Waals surface area contributed by atoms with Crippen LogP contribution in [-0.4, -0.2) is 54.5 Å². The number of nitrogens with zero attached hydrogens (tertiary/aromatic N) is 3. The van der Waals surface area contributed by atoms with Gasteiger partial charge in [-0.25, -0.2) is 4.98 Å². The molecule has 0 aliphatic carbocycles. The first-order valence-corrected chi connectivity index (χ1v) is 8.28. The molecule has 0 amide bonds. The van der Waals surface area contributed by atoms with Gasteiger partial charge in [-0.05, 0) is 36.4 Å². The number of fused-ring (bicyclic) bond motifs is 1. The summed E-state index contributed by atoms with van der Waals surface area (Å²) >= 11 is 0. The number of pyridine rings is 1. The highest BCUT2D eigenvalue weighted by atomic mass is 16.4. The first-order chi connectivity index (χ1) is 11.6. The number of likely N-dealkylation sites (N-methyl/N-ethyl adjacent to an activating group) is 1. The van der Waals surface area contributed by atoms with Crippen molar-refractivity contribution in [2.45, 2.75) is 12.8 Å². The highest BCUT2D eigenvalue weighted by Gasteiger charge is 2.24. The van der Waals surface area contributed by atoms with E-state index < -0.39 is 5.97 Å². The molecular formula is C18H23N3O3. The Labute approximate surface area is 141 Å². The minimum atomic E-state index is -0.690. The molecule has 6 heteroatoms. The SMILES string of the molecule is CN(CCO)c1nccc2ccc(N3CCC(C(=O)O)CC3)cc12.